The molecule has 1 unspecified atom stereocenters. The minimum atomic E-state index is -0.537. The van der Waals surface area contributed by atoms with Gasteiger partial charge < -0.3 is 10.4 Å². The summed E-state index contributed by atoms with van der Waals surface area (Å²) in [5.41, 5.74) is 0.565. The third kappa shape index (κ3) is 5.05. The SMILES string of the molecule is CCSc1ccc(Cl)cc1C(=O)NCC(O)C(C)C. The van der Waals surface area contributed by atoms with E-state index in [9.17, 15) is 9.90 Å². The molecular formula is C14H20ClNO2S. The van der Waals surface area contributed by atoms with E-state index in [1.165, 1.54) is 0 Å². The van der Waals surface area contributed by atoms with Crippen LogP contribution in [0, 0.1) is 5.92 Å². The molecule has 5 heteroatoms. The van der Waals surface area contributed by atoms with Crippen molar-refractivity contribution in [3.05, 3.63) is 28.8 Å². The summed E-state index contributed by atoms with van der Waals surface area (Å²) in [4.78, 5) is 13.0. The Morgan fingerprint density at radius 1 is 1.47 bits per heavy atom. The van der Waals surface area contributed by atoms with Crippen molar-refractivity contribution in [1.29, 1.82) is 0 Å². The minimum Gasteiger partial charge on any atom is -0.391 e. The number of carbonyl (C=O) groups excluding carboxylic acids is 1. The maximum Gasteiger partial charge on any atom is 0.252 e. The van der Waals surface area contributed by atoms with Crippen LogP contribution in [0.1, 0.15) is 31.1 Å². The first-order chi connectivity index (χ1) is 8.95. The van der Waals surface area contributed by atoms with E-state index in [0.29, 0.717) is 10.6 Å². The van der Waals surface area contributed by atoms with Gasteiger partial charge in [-0.2, -0.15) is 0 Å². The molecule has 0 aromatic heterocycles. The molecule has 0 radical (unpaired) electrons. The van der Waals surface area contributed by atoms with Crippen molar-refractivity contribution < 1.29 is 9.90 Å². The molecule has 3 nitrogen and oxygen atoms in total. The second kappa shape index (κ2) is 7.78. The number of thioether (sulfide) groups is 1. The highest BCUT2D eigenvalue weighted by Gasteiger charge is 2.15. The Morgan fingerprint density at radius 2 is 2.16 bits per heavy atom. The fraction of sp³-hybridized carbons (Fsp3) is 0.500. The van der Waals surface area contributed by atoms with E-state index < -0.39 is 6.10 Å². The molecule has 1 aromatic carbocycles. The van der Waals surface area contributed by atoms with Gasteiger partial charge in [-0.05, 0) is 29.9 Å². The van der Waals surface area contributed by atoms with E-state index in [4.69, 9.17) is 11.6 Å². The van der Waals surface area contributed by atoms with Crippen molar-refractivity contribution in [3.8, 4) is 0 Å². The standard InChI is InChI=1S/C14H20ClNO2S/c1-4-19-13-6-5-10(15)7-11(13)14(18)16-8-12(17)9(2)3/h5-7,9,12,17H,4,8H2,1-3H3,(H,16,18). The summed E-state index contributed by atoms with van der Waals surface area (Å²) in [6.45, 7) is 6.10. The zero-order valence-electron chi connectivity index (χ0n) is 11.4. The Bertz CT molecular complexity index is 437. The zero-order chi connectivity index (χ0) is 14.4. The zero-order valence-corrected chi connectivity index (χ0v) is 13.0. The fourth-order valence-corrected chi connectivity index (χ4v) is 2.44. The third-order valence-corrected chi connectivity index (χ3v) is 3.92. The molecule has 1 atom stereocenters. The Labute approximate surface area is 123 Å². The predicted octanol–water partition coefficient (Wildman–Crippen LogP) is 3.20. The first-order valence-electron chi connectivity index (χ1n) is 6.34. The van der Waals surface area contributed by atoms with Gasteiger partial charge in [-0.1, -0.05) is 32.4 Å². The van der Waals surface area contributed by atoms with E-state index in [0.717, 1.165) is 10.6 Å². The van der Waals surface area contributed by atoms with Crippen LogP contribution in [0.3, 0.4) is 0 Å². The normalized spacial score (nSPS) is 12.5. The van der Waals surface area contributed by atoms with Crippen molar-refractivity contribution in [1.82, 2.24) is 5.32 Å². The van der Waals surface area contributed by atoms with Crippen LogP contribution in [0.2, 0.25) is 5.02 Å². The van der Waals surface area contributed by atoms with Crippen LogP contribution in [0.25, 0.3) is 0 Å². The van der Waals surface area contributed by atoms with Crippen molar-refractivity contribution in [2.75, 3.05) is 12.3 Å². The molecule has 0 aliphatic carbocycles. The first kappa shape index (κ1) is 16.3. The number of carbonyl (C=O) groups is 1. The summed E-state index contributed by atoms with van der Waals surface area (Å²) >= 11 is 7.53. The highest BCUT2D eigenvalue weighted by Crippen LogP contribution is 2.25. The van der Waals surface area contributed by atoms with Crippen LogP contribution in [-0.4, -0.2) is 29.4 Å². The quantitative estimate of drug-likeness (QED) is 0.793. The van der Waals surface area contributed by atoms with E-state index in [1.807, 2.05) is 26.8 Å². The van der Waals surface area contributed by atoms with E-state index in [1.54, 1.807) is 23.9 Å². The number of rotatable bonds is 6. The van der Waals surface area contributed by atoms with Crippen LogP contribution in [-0.2, 0) is 0 Å². The second-order valence-electron chi connectivity index (χ2n) is 4.59. The van der Waals surface area contributed by atoms with Gasteiger partial charge in [-0.15, -0.1) is 11.8 Å². The lowest BCUT2D eigenvalue weighted by Gasteiger charge is -2.16. The highest BCUT2D eigenvalue weighted by atomic mass is 35.5. The monoisotopic (exact) mass is 301 g/mol. The number of benzene rings is 1. The molecule has 0 heterocycles. The molecule has 0 aliphatic rings. The van der Waals surface area contributed by atoms with Gasteiger partial charge in [0.15, 0.2) is 0 Å². The molecule has 1 rings (SSSR count). The average Bonchev–Trinajstić information content (AvgIpc) is 2.37. The average molecular weight is 302 g/mol. The van der Waals surface area contributed by atoms with Crippen LogP contribution < -0.4 is 5.32 Å². The molecule has 1 aromatic rings. The second-order valence-corrected chi connectivity index (χ2v) is 6.34. The van der Waals surface area contributed by atoms with Gasteiger partial charge in [0, 0.05) is 16.5 Å². The first-order valence-corrected chi connectivity index (χ1v) is 7.70. The molecular weight excluding hydrogens is 282 g/mol. The fourth-order valence-electron chi connectivity index (χ4n) is 1.49. The Kier molecular flexibility index (Phi) is 6.69. The number of hydrogen-bond donors (Lipinski definition) is 2. The van der Waals surface area contributed by atoms with Crippen LogP contribution in [0.5, 0.6) is 0 Å². The van der Waals surface area contributed by atoms with E-state index >= 15 is 0 Å². The summed E-state index contributed by atoms with van der Waals surface area (Å²) in [5, 5.41) is 13.0. The summed E-state index contributed by atoms with van der Waals surface area (Å²) in [6.07, 6.45) is -0.537. The lowest BCUT2D eigenvalue weighted by atomic mass is 10.1. The lowest BCUT2D eigenvalue weighted by Crippen LogP contribution is -2.34. The predicted molar refractivity (Wildman–Crippen MR) is 81.0 cm³/mol. The number of hydrogen-bond acceptors (Lipinski definition) is 3. The Hall–Kier alpha value is -0.710. The number of amides is 1. The van der Waals surface area contributed by atoms with Crippen molar-refractivity contribution >= 4 is 29.3 Å². The van der Waals surface area contributed by atoms with Crippen LogP contribution >= 0.6 is 23.4 Å². The molecule has 0 saturated carbocycles. The number of halogens is 1. The van der Waals surface area contributed by atoms with Gasteiger partial charge in [0.2, 0.25) is 0 Å². The van der Waals surface area contributed by atoms with Gasteiger partial charge >= 0.3 is 0 Å². The van der Waals surface area contributed by atoms with Gasteiger partial charge in [0.25, 0.3) is 5.91 Å². The topological polar surface area (TPSA) is 49.3 Å². The molecule has 19 heavy (non-hydrogen) atoms. The lowest BCUT2D eigenvalue weighted by molar-refractivity contribution is 0.0869. The van der Waals surface area contributed by atoms with Gasteiger partial charge in [-0.25, -0.2) is 0 Å². The smallest absolute Gasteiger partial charge is 0.252 e. The molecule has 0 aliphatic heterocycles. The Morgan fingerprint density at radius 3 is 2.74 bits per heavy atom. The van der Waals surface area contributed by atoms with Crippen LogP contribution in [0.4, 0.5) is 0 Å². The molecule has 1 amide bonds. The van der Waals surface area contributed by atoms with Crippen molar-refractivity contribution in [2.45, 2.75) is 31.8 Å². The maximum atomic E-state index is 12.1. The summed E-state index contributed by atoms with van der Waals surface area (Å²) in [6, 6.07) is 5.29. The molecule has 0 spiro atoms. The summed E-state index contributed by atoms with van der Waals surface area (Å²) in [7, 11) is 0. The summed E-state index contributed by atoms with van der Waals surface area (Å²) in [5.74, 6) is 0.804. The van der Waals surface area contributed by atoms with E-state index in [-0.39, 0.29) is 18.4 Å². The highest BCUT2D eigenvalue weighted by molar-refractivity contribution is 7.99. The molecule has 0 saturated heterocycles. The number of nitrogens with one attached hydrogen (secondary N) is 1. The van der Waals surface area contributed by atoms with Gasteiger partial charge in [-0.3, -0.25) is 4.79 Å². The number of aliphatic hydroxyl groups excluding tert-OH is 1. The largest absolute Gasteiger partial charge is 0.391 e. The maximum absolute atomic E-state index is 12.1. The van der Waals surface area contributed by atoms with Gasteiger partial charge in [0.05, 0.1) is 11.7 Å². The van der Waals surface area contributed by atoms with Gasteiger partial charge in [0.1, 0.15) is 0 Å². The Balaban J connectivity index is 2.77. The third-order valence-electron chi connectivity index (χ3n) is 2.73. The molecule has 0 bridgehead atoms. The van der Waals surface area contributed by atoms with Crippen LogP contribution in [0.15, 0.2) is 23.1 Å². The molecule has 0 fully saturated rings. The van der Waals surface area contributed by atoms with Crippen molar-refractivity contribution in [2.24, 2.45) is 5.92 Å². The number of aliphatic hydroxyl groups is 1. The van der Waals surface area contributed by atoms with E-state index in [2.05, 4.69) is 5.32 Å². The van der Waals surface area contributed by atoms with Crippen molar-refractivity contribution in [3.63, 3.8) is 0 Å². The molecule has 2 N–H and O–H groups in total. The minimum absolute atomic E-state index is 0.115. The molecule has 106 valence electrons. The summed E-state index contributed by atoms with van der Waals surface area (Å²) < 4.78 is 0.